The normalized spacial score (nSPS) is 12.3. The Labute approximate surface area is 224 Å². The van der Waals surface area contributed by atoms with Gasteiger partial charge in [0.1, 0.15) is 17.7 Å². The number of benzene rings is 1. The van der Waals surface area contributed by atoms with Gasteiger partial charge in [-0.1, -0.05) is 12.1 Å². The first kappa shape index (κ1) is 31.5. The van der Waals surface area contributed by atoms with Crippen molar-refractivity contribution in [2.45, 2.75) is 20.3 Å². The third kappa shape index (κ3) is 11.0. The number of pyridine rings is 1. The quantitative estimate of drug-likeness (QED) is 0.364. The molecular formula is C27H38N8O3. The number of nitrogens with two attached hydrogens (primary N) is 2. The molecule has 0 spiro atoms. The fourth-order valence-corrected chi connectivity index (χ4v) is 3.12. The van der Waals surface area contributed by atoms with Crippen LogP contribution in [-0.4, -0.2) is 64.4 Å². The van der Waals surface area contributed by atoms with Crippen LogP contribution in [0.3, 0.4) is 0 Å². The zero-order valence-electron chi connectivity index (χ0n) is 23.0. The molecule has 204 valence electrons. The van der Waals surface area contributed by atoms with Gasteiger partial charge in [0.05, 0.1) is 20.8 Å². The zero-order chi connectivity index (χ0) is 28.3. The molecule has 0 atom stereocenters. The highest BCUT2D eigenvalue weighted by Gasteiger charge is 2.08. The molecule has 11 nitrogen and oxygen atoms in total. The van der Waals surface area contributed by atoms with E-state index in [9.17, 15) is 0 Å². The van der Waals surface area contributed by atoms with E-state index >= 15 is 0 Å². The highest BCUT2D eigenvalue weighted by atomic mass is 16.5. The maximum atomic E-state index is 5.48. The van der Waals surface area contributed by atoms with E-state index in [0.717, 1.165) is 16.6 Å². The molecule has 11 heteroatoms. The van der Waals surface area contributed by atoms with Gasteiger partial charge in [-0.15, -0.1) is 0 Å². The first-order valence-electron chi connectivity index (χ1n) is 11.6. The maximum Gasteiger partial charge on any atom is 0.192 e. The second-order valence-electron chi connectivity index (χ2n) is 7.49. The number of nitrogens with zero attached hydrogens (tertiary/aromatic N) is 6. The Morgan fingerprint density at radius 2 is 1.82 bits per heavy atom. The molecule has 0 radical (unpaired) electrons. The molecule has 0 bridgehead atoms. The number of aryl methyl sites for hydroxylation is 1. The fraction of sp³-hybridized carbons (Fsp3) is 0.296. The summed E-state index contributed by atoms with van der Waals surface area (Å²) in [6.07, 6.45) is 9.27. The first-order valence-corrected chi connectivity index (χ1v) is 11.6. The Bertz CT molecular complexity index is 1250. The molecule has 1 heterocycles. The van der Waals surface area contributed by atoms with Crippen LogP contribution >= 0.6 is 0 Å². The average Bonchev–Trinajstić information content (AvgIpc) is 2.91. The first-order chi connectivity index (χ1) is 18.3. The number of methoxy groups -OCH3 is 3. The number of hydrogen-bond donors (Lipinski definition) is 2. The summed E-state index contributed by atoms with van der Waals surface area (Å²) in [7, 11) is 6.62. The minimum atomic E-state index is -0.0875. The van der Waals surface area contributed by atoms with Crippen molar-refractivity contribution in [1.29, 1.82) is 0 Å². The fourth-order valence-electron chi connectivity index (χ4n) is 3.12. The minimum absolute atomic E-state index is 0.0875. The van der Waals surface area contributed by atoms with Crippen molar-refractivity contribution < 1.29 is 14.2 Å². The number of aliphatic imine (C=N–C) groups is 4. The molecule has 1 aromatic carbocycles. The summed E-state index contributed by atoms with van der Waals surface area (Å²) in [4.78, 5) is 20.2. The second-order valence-corrected chi connectivity index (χ2v) is 7.49. The van der Waals surface area contributed by atoms with Crippen molar-refractivity contribution in [2.24, 2.45) is 36.4 Å². The number of guanidine groups is 1. The van der Waals surface area contributed by atoms with Crippen molar-refractivity contribution >= 4 is 31.1 Å². The second kappa shape index (κ2) is 17.8. The van der Waals surface area contributed by atoms with E-state index in [2.05, 4.69) is 31.7 Å². The van der Waals surface area contributed by atoms with E-state index in [4.69, 9.17) is 25.7 Å². The van der Waals surface area contributed by atoms with Gasteiger partial charge in [-0.3, -0.25) is 9.98 Å². The van der Waals surface area contributed by atoms with E-state index in [1.807, 2.05) is 54.2 Å². The van der Waals surface area contributed by atoms with E-state index in [1.165, 1.54) is 6.34 Å². The Balaban J connectivity index is 0.000000437. The monoisotopic (exact) mass is 522 g/mol. The molecule has 38 heavy (non-hydrogen) atoms. The standard InChI is InChI=1S/C16H22N6O2.C11H16N2O/c1-5-14(20-10-19-2)21-15(22-16(17)18)9-11-6-7-12(23-3)13(8-11)24-4;1-10-6-4-7-13(11(10)12-2)8-5-9-14-3/h5-8,10H,2,9H2,1,3-4H3,(H4,17,18,21,22);4-8H,9H2,1-3H3/b14-5+,20-10-;8-5+,12-11?. The molecule has 1 aromatic heterocycles. The van der Waals surface area contributed by atoms with Crippen molar-refractivity contribution in [3.05, 3.63) is 71.1 Å². The van der Waals surface area contributed by atoms with Gasteiger partial charge in [-0.05, 0) is 62.0 Å². The average molecular weight is 523 g/mol. The molecular weight excluding hydrogens is 484 g/mol. The number of rotatable bonds is 10. The van der Waals surface area contributed by atoms with Gasteiger partial charge in [-0.2, -0.15) is 4.99 Å². The predicted octanol–water partition coefficient (Wildman–Crippen LogP) is 2.95. The lowest BCUT2D eigenvalue weighted by Gasteiger charge is -2.09. The molecule has 0 unspecified atom stereocenters. The SMILES string of the molecule is C=N\C=N/C(=C\C)/N=C(\Cc1ccc(OC)c(OC)c1)N=C(N)N.CN=c1c(C)cccn1/C=C/COC. The van der Waals surface area contributed by atoms with Crippen LogP contribution < -0.4 is 26.4 Å². The molecule has 0 saturated heterocycles. The lowest BCUT2D eigenvalue weighted by Crippen LogP contribution is -2.24. The van der Waals surface area contributed by atoms with Gasteiger partial charge in [0.15, 0.2) is 23.3 Å². The summed E-state index contributed by atoms with van der Waals surface area (Å²) in [5, 5.41) is 0. The highest BCUT2D eigenvalue weighted by Crippen LogP contribution is 2.27. The zero-order valence-corrected chi connectivity index (χ0v) is 23.0. The number of allylic oxidation sites excluding steroid dienone is 1. The van der Waals surface area contributed by atoms with Crippen molar-refractivity contribution in [3.8, 4) is 11.5 Å². The van der Waals surface area contributed by atoms with Crippen LogP contribution in [0.15, 0.2) is 79.5 Å². The van der Waals surface area contributed by atoms with E-state index in [0.29, 0.717) is 36.2 Å². The summed E-state index contributed by atoms with van der Waals surface area (Å²) in [5.41, 5.74) is 14.0. The molecule has 4 N–H and O–H groups in total. The summed E-state index contributed by atoms with van der Waals surface area (Å²) in [6, 6.07) is 9.56. The smallest absolute Gasteiger partial charge is 0.192 e. The Morgan fingerprint density at radius 3 is 2.39 bits per heavy atom. The summed E-state index contributed by atoms with van der Waals surface area (Å²) >= 11 is 0. The highest BCUT2D eigenvalue weighted by molar-refractivity contribution is 5.96. The minimum Gasteiger partial charge on any atom is -0.493 e. The van der Waals surface area contributed by atoms with Gasteiger partial charge < -0.3 is 30.2 Å². The molecule has 0 aliphatic rings. The third-order valence-corrected chi connectivity index (χ3v) is 4.77. The molecule has 0 aliphatic heterocycles. The Hall–Kier alpha value is -4.51. The van der Waals surface area contributed by atoms with Gasteiger partial charge in [-0.25, -0.2) is 9.98 Å². The molecule has 2 aromatic rings. The predicted molar refractivity (Wildman–Crippen MR) is 156 cm³/mol. The molecule has 0 aliphatic carbocycles. The number of hydrogen-bond acceptors (Lipinski definition) is 6. The molecule has 2 rings (SSSR count). The largest absolute Gasteiger partial charge is 0.493 e. The van der Waals surface area contributed by atoms with E-state index in [1.54, 1.807) is 47.4 Å². The molecule has 0 fully saturated rings. The summed E-state index contributed by atoms with van der Waals surface area (Å²) in [5.74, 6) is 1.98. The topological polar surface area (TPSA) is 146 Å². The Kier molecular flexibility index (Phi) is 14.8. The third-order valence-electron chi connectivity index (χ3n) is 4.77. The summed E-state index contributed by atoms with van der Waals surface area (Å²) in [6.45, 7) is 7.78. The number of ether oxygens (including phenoxy) is 3. The van der Waals surface area contributed by atoms with Gasteiger partial charge in [0.25, 0.3) is 0 Å². The molecule has 0 saturated carbocycles. The van der Waals surface area contributed by atoms with Crippen LogP contribution in [0.5, 0.6) is 11.5 Å². The van der Waals surface area contributed by atoms with Crippen LogP contribution in [0.25, 0.3) is 6.20 Å². The van der Waals surface area contributed by atoms with Gasteiger partial charge in [0.2, 0.25) is 0 Å². The van der Waals surface area contributed by atoms with Crippen LogP contribution in [0, 0.1) is 6.92 Å². The lowest BCUT2D eigenvalue weighted by molar-refractivity contribution is 0.234. The number of amidine groups is 1. The van der Waals surface area contributed by atoms with Crippen molar-refractivity contribution in [2.75, 3.05) is 35.0 Å². The van der Waals surface area contributed by atoms with Crippen LogP contribution in [0.1, 0.15) is 18.1 Å². The van der Waals surface area contributed by atoms with Crippen molar-refractivity contribution in [1.82, 2.24) is 4.57 Å². The maximum absolute atomic E-state index is 5.48. The van der Waals surface area contributed by atoms with Gasteiger partial charge in [0, 0.05) is 33.0 Å². The van der Waals surface area contributed by atoms with Gasteiger partial charge >= 0.3 is 0 Å². The summed E-state index contributed by atoms with van der Waals surface area (Å²) < 4.78 is 17.4. The van der Waals surface area contributed by atoms with Crippen LogP contribution in [0.4, 0.5) is 0 Å². The van der Waals surface area contributed by atoms with E-state index in [-0.39, 0.29) is 5.96 Å². The van der Waals surface area contributed by atoms with Crippen molar-refractivity contribution in [3.63, 3.8) is 0 Å². The Morgan fingerprint density at radius 1 is 1.08 bits per heavy atom. The number of aromatic nitrogens is 1. The lowest BCUT2D eigenvalue weighted by atomic mass is 10.1. The molecule has 0 amide bonds. The van der Waals surface area contributed by atoms with Crippen LogP contribution in [-0.2, 0) is 11.2 Å². The van der Waals surface area contributed by atoms with Crippen LogP contribution in [0.2, 0.25) is 0 Å². The van der Waals surface area contributed by atoms with E-state index < -0.39 is 0 Å².